The Morgan fingerprint density at radius 1 is 0.811 bits per heavy atom. The first-order valence-electron chi connectivity index (χ1n) is 18.2. The first-order chi connectivity index (χ1) is 25.5. The lowest BCUT2D eigenvalue weighted by molar-refractivity contribution is -0.132. The molecule has 1 aromatic carbocycles. The number of carbonyl (C=O) groups is 6. The van der Waals surface area contributed by atoms with E-state index in [1.54, 1.807) is 38.1 Å². The average Bonchev–Trinajstić information content (AvgIpc) is 3.12. The van der Waals surface area contributed by atoms with Crippen molar-refractivity contribution < 1.29 is 52.8 Å². The maximum atomic E-state index is 13.3. The first-order valence-corrected chi connectivity index (χ1v) is 18.2. The molecule has 0 bridgehead atoms. The molecule has 5 amide bonds. The minimum atomic E-state index is -0.968. The van der Waals surface area contributed by atoms with Gasteiger partial charge in [0, 0.05) is 37.6 Å². The van der Waals surface area contributed by atoms with Crippen LogP contribution in [0.25, 0.3) is 0 Å². The summed E-state index contributed by atoms with van der Waals surface area (Å²) in [7, 11) is 0. The highest BCUT2D eigenvalue weighted by Gasteiger charge is 2.29. The van der Waals surface area contributed by atoms with Gasteiger partial charge in [-0.1, -0.05) is 32.4 Å². The highest BCUT2D eigenvalue weighted by Crippen LogP contribution is 2.19. The standard InChI is InChI=1S/C37H57N5O11/c1-26(2)34(36(48)41-31(7-5-15-39-37(38)49)35(47)40-29-10-8-27(25-43)9-11-29)42-33(46)14-17-51-19-21-53-23-22-52-20-18-50-16-4-3-6-28-24-30(44)12-13-32(28)45/h8-13,26,28,31,34,43H,3-7,14-25H2,1-2H3,(H,40,47)(H,41,48)(H,42,46)(H3,38,39,49)/t28?,31-,34?/m0/s1. The van der Waals surface area contributed by atoms with Crippen LogP contribution in [0, 0.1) is 11.8 Å². The van der Waals surface area contributed by atoms with Crippen LogP contribution in [0.15, 0.2) is 36.4 Å². The second kappa shape index (κ2) is 26.5. The molecular formula is C37H57N5O11. The third-order valence-corrected chi connectivity index (χ3v) is 8.24. The van der Waals surface area contributed by atoms with E-state index in [9.17, 15) is 33.9 Å². The summed E-state index contributed by atoms with van der Waals surface area (Å²) in [6.45, 7) is 6.51. The van der Waals surface area contributed by atoms with Crippen LogP contribution in [-0.4, -0.2) is 112 Å². The molecule has 2 unspecified atom stereocenters. The molecule has 0 radical (unpaired) electrons. The minimum absolute atomic E-state index is 0.00610. The van der Waals surface area contributed by atoms with Gasteiger partial charge in [0.2, 0.25) is 17.7 Å². The number of aliphatic hydroxyl groups is 1. The smallest absolute Gasteiger partial charge is 0.312 e. The maximum Gasteiger partial charge on any atom is 0.312 e. The number of anilines is 1. The lowest BCUT2D eigenvalue weighted by Crippen LogP contribution is -2.54. The molecule has 0 fully saturated rings. The number of amides is 5. The molecule has 0 aromatic heterocycles. The zero-order valence-electron chi connectivity index (χ0n) is 30.9. The number of hydrogen-bond acceptors (Lipinski definition) is 11. The Labute approximate surface area is 311 Å². The number of allylic oxidation sites excluding steroid dienone is 2. The molecule has 3 atom stereocenters. The second-order valence-electron chi connectivity index (χ2n) is 12.9. The number of ketones is 2. The Kier molecular flexibility index (Phi) is 22.5. The lowest BCUT2D eigenvalue weighted by atomic mass is 9.88. The third kappa shape index (κ3) is 20.0. The van der Waals surface area contributed by atoms with Crippen LogP contribution in [0.2, 0.25) is 0 Å². The van der Waals surface area contributed by atoms with Crippen molar-refractivity contribution in [2.45, 2.75) is 77.5 Å². The lowest BCUT2D eigenvalue weighted by Gasteiger charge is -2.25. The summed E-state index contributed by atoms with van der Waals surface area (Å²) in [6, 6.07) is 4.01. The first kappa shape index (κ1) is 44.9. The van der Waals surface area contributed by atoms with Crippen molar-refractivity contribution in [3.63, 3.8) is 0 Å². The van der Waals surface area contributed by atoms with Crippen LogP contribution in [0.4, 0.5) is 10.5 Å². The van der Waals surface area contributed by atoms with Crippen LogP contribution < -0.4 is 27.0 Å². The molecule has 7 N–H and O–H groups in total. The molecule has 16 nitrogen and oxygen atoms in total. The van der Waals surface area contributed by atoms with Crippen LogP contribution >= 0.6 is 0 Å². The number of carbonyl (C=O) groups excluding carboxylic acids is 6. The molecule has 296 valence electrons. The number of hydrogen-bond donors (Lipinski definition) is 6. The Morgan fingerprint density at radius 2 is 1.43 bits per heavy atom. The number of nitrogens with two attached hydrogens (primary N) is 1. The van der Waals surface area contributed by atoms with Crippen molar-refractivity contribution in [2.75, 3.05) is 64.7 Å². The van der Waals surface area contributed by atoms with Gasteiger partial charge in [0.1, 0.15) is 12.1 Å². The van der Waals surface area contributed by atoms with Gasteiger partial charge in [0.25, 0.3) is 0 Å². The second-order valence-corrected chi connectivity index (χ2v) is 12.9. The fourth-order valence-corrected chi connectivity index (χ4v) is 5.24. The number of nitrogens with one attached hydrogen (secondary N) is 4. The van der Waals surface area contributed by atoms with Gasteiger partial charge >= 0.3 is 6.03 Å². The van der Waals surface area contributed by atoms with Crippen molar-refractivity contribution in [3.8, 4) is 0 Å². The highest BCUT2D eigenvalue weighted by atomic mass is 16.6. The summed E-state index contributed by atoms with van der Waals surface area (Å²) in [5, 5.41) is 19.9. The summed E-state index contributed by atoms with van der Waals surface area (Å²) in [6.07, 6.45) is 5.91. The monoisotopic (exact) mass is 747 g/mol. The van der Waals surface area contributed by atoms with Crippen LogP contribution in [-0.2, 0) is 49.5 Å². The average molecular weight is 748 g/mol. The van der Waals surface area contributed by atoms with Gasteiger partial charge in [-0.05, 0) is 61.4 Å². The number of aliphatic hydroxyl groups excluding tert-OH is 1. The van der Waals surface area contributed by atoms with Crippen molar-refractivity contribution in [2.24, 2.45) is 17.6 Å². The molecular weight excluding hydrogens is 690 g/mol. The van der Waals surface area contributed by atoms with E-state index in [0.29, 0.717) is 70.2 Å². The largest absolute Gasteiger partial charge is 0.392 e. The highest BCUT2D eigenvalue weighted by molar-refractivity contribution is 6.05. The van der Waals surface area contributed by atoms with Crippen LogP contribution in [0.3, 0.4) is 0 Å². The predicted octanol–water partition coefficient (Wildman–Crippen LogP) is 1.53. The van der Waals surface area contributed by atoms with Crippen molar-refractivity contribution in [1.82, 2.24) is 16.0 Å². The third-order valence-electron chi connectivity index (χ3n) is 8.24. The SMILES string of the molecule is CC(C)C(NC(=O)CCOCCOCCOCCOCCCCC1CC(=O)C=CC1=O)C(=O)N[C@@H](CCCNC(N)=O)C(=O)Nc1ccc(CO)cc1. The zero-order chi connectivity index (χ0) is 38.8. The van der Waals surface area contributed by atoms with Gasteiger partial charge in [0.05, 0.1) is 52.9 Å². The minimum Gasteiger partial charge on any atom is -0.392 e. The van der Waals surface area contributed by atoms with E-state index in [0.717, 1.165) is 12.8 Å². The maximum absolute atomic E-state index is 13.3. The van der Waals surface area contributed by atoms with E-state index < -0.39 is 29.9 Å². The molecule has 1 aromatic rings. The Morgan fingerprint density at radius 3 is 2.04 bits per heavy atom. The molecule has 1 aliphatic rings. The quantitative estimate of drug-likeness (QED) is 0.0673. The van der Waals surface area contributed by atoms with E-state index in [1.807, 2.05) is 0 Å². The van der Waals surface area contributed by atoms with Gasteiger partial charge in [-0.15, -0.1) is 0 Å². The molecule has 0 heterocycles. The summed E-state index contributed by atoms with van der Waals surface area (Å²) in [5.41, 5.74) is 6.28. The summed E-state index contributed by atoms with van der Waals surface area (Å²) >= 11 is 0. The number of primary amides is 1. The summed E-state index contributed by atoms with van der Waals surface area (Å²) < 4.78 is 22.0. The number of ether oxygens (including phenoxy) is 4. The van der Waals surface area contributed by atoms with Gasteiger partial charge < -0.3 is 51.1 Å². The summed E-state index contributed by atoms with van der Waals surface area (Å²) in [5.74, 6) is -1.86. The Bertz CT molecular complexity index is 1320. The van der Waals surface area contributed by atoms with Crippen molar-refractivity contribution in [1.29, 1.82) is 0 Å². The number of benzene rings is 1. The topological polar surface area (TPSA) is 234 Å². The van der Waals surface area contributed by atoms with E-state index in [-0.39, 0.29) is 68.5 Å². The van der Waals surface area contributed by atoms with Crippen LogP contribution in [0.1, 0.15) is 64.4 Å². The summed E-state index contributed by atoms with van der Waals surface area (Å²) in [4.78, 5) is 73.4. The number of urea groups is 1. The van der Waals surface area contributed by atoms with E-state index in [4.69, 9.17) is 24.7 Å². The molecule has 0 aliphatic heterocycles. The molecule has 0 saturated carbocycles. The Balaban J connectivity index is 1.59. The van der Waals surface area contributed by atoms with Gasteiger partial charge in [0.15, 0.2) is 11.6 Å². The zero-order valence-corrected chi connectivity index (χ0v) is 30.9. The van der Waals surface area contributed by atoms with Crippen molar-refractivity contribution >= 4 is 41.0 Å². The molecule has 2 rings (SSSR count). The van der Waals surface area contributed by atoms with Crippen molar-refractivity contribution in [3.05, 3.63) is 42.0 Å². The van der Waals surface area contributed by atoms with E-state index in [2.05, 4.69) is 21.3 Å². The molecule has 0 saturated heterocycles. The van der Waals surface area contributed by atoms with Gasteiger partial charge in [-0.2, -0.15) is 0 Å². The molecule has 53 heavy (non-hydrogen) atoms. The van der Waals surface area contributed by atoms with E-state index >= 15 is 0 Å². The number of rotatable bonds is 28. The van der Waals surface area contributed by atoms with Gasteiger partial charge in [-0.25, -0.2) is 4.79 Å². The molecule has 1 aliphatic carbocycles. The van der Waals surface area contributed by atoms with E-state index in [1.165, 1.54) is 12.2 Å². The normalized spacial score (nSPS) is 15.2. The number of unbranched alkanes of at least 4 members (excludes halogenated alkanes) is 1. The van der Waals surface area contributed by atoms with Crippen LogP contribution in [0.5, 0.6) is 0 Å². The predicted molar refractivity (Wildman–Crippen MR) is 196 cm³/mol. The fraction of sp³-hybridized carbons (Fsp3) is 0.622. The van der Waals surface area contributed by atoms with Gasteiger partial charge in [-0.3, -0.25) is 24.0 Å². The molecule has 16 heteroatoms. The fourth-order valence-electron chi connectivity index (χ4n) is 5.24. The molecule has 0 spiro atoms. The Hall–Kier alpha value is -4.22.